The molecule has 0 bridgehead atoms. The number of nitrogens with zero attached hydrogens (tertiary/aromatic N) is 2. The van der Waals surface area contributed by atoms with Crippen LogP contribution in [-0.4, -0.2) is 35.5 Å². The number of hydrogen-bond acceptors (Lipinski definition) is 3. The molecule has 0 saturated carbocycles. The summed E-state index contributed by atoms with van der Waals surface area (Å²) < 4.78 is 1.97. The molecule has 1 heterocycles. The standard InChI is InChI=1S/C14H28N4/c1-6-8-15-10-11(2)16-9-7-14-12(3)17-18(5)13(14)4/h11,15-16H,6-10H2,1-5H3. The van der Waals surface area contributed by atoms with E-state index >= 15 is 0 Å². The summed E-state index contributed by atoms with van der Waals surface area (Å²) in [7, 11) is 2.01. The van der Waals surface area contributed by atoms with Gasteiger partial charge in [-0.3, -0.25) is 4.68 Å². The summed E-state index contributed by atoms with van der Waals surface area (Å²) in [5.74, 6) is 0. The molecule has 1 atom stereocenters. The lowest BCUT2D eigenvalue weighted by Gasteiger charge is -2.14. The maximum absolute atomic E-state index is 4.45. The van der Waals surface area contributed by atoms with Gasteiger partial charge >= 0.3 is 0 Å². The molecule has 1 rings (SSSR count). The lowest BCUT2D eigenvalue weighted by Crippen LogP contribution is -2.37. The van der Waals surface area contributed by atoms with Gasteiger partial charge in [0.05, 0.1) is 5.69 Å². The summed E-state index contributed by atoms with van der Waals surface area (Å²) in [6.45, 7) is 11.8. The number of hydrogen-bond donors (Lipinski definition) is 2. The van der Waals surface area contributed by atoms with Crippen LogP contribution in [0.25, 0.3) is 0 Å². The lowest BCUT2D eigenvalue weighted by molar-refractivity contribution is 0.504. The van der Waals surface area contributed by atoms with Crippen molar-refractivity contribution in [2.45, 2.75) is 46.6 Å². The SMILES string of the molecule is CCCNCC(C)NCCc1c(C)nn(C)c1C. The van der Waals surface area contributed by atoms with Crippen LogP contribution in [0.5, 0.6) is 0 Å². The van der Waals surface area contributed by atoms with Crippen LogP contribution >= 0.6 is 0 Å². The Labute approximate surface area is 111 Å². The van der Waals surface area contributed by atoms with Gasteiger partial charge < -0.3 is 10.6 Å². The average molecular weight is 252 g/mol. The number of nitrogens with one attached hydrogen (secondary N) is 2. The molecule has 104 valence electrons. The predicted molar refractivity (Wildman–Crippen MR) is 77.0 cm³/mol. The zero-order valence-corrected chi connectivity index (χ0v) is 12.5. The molecule has 0 saturated heterocycles. The van der Waals surface area contributed by atoms with Crippen molar-refractivity contribution in [3.63, 3.8) is 0 Å². The van der Waals surface area contributed by atoms with Gasteiger partial charge in [-0.15, -0.1) is 0 Å². The van der Waals surface area contributed by atoms with Gasteiger partial charge in [0.15, 0.2) is 0 Å². The monoisotopic (exact) mass is 252 g/mol. The summed E-state index contributed by atoms with van der Waals surface area (Å²) in [5.41, 5.74) is 3.83. The largest absolute Gasteiger partial charge is 0.315 e. The van der Waals surface area contributed by atoms with Crippen LogP contribution in [0.1, 0.15) is 37.2 Å². The van der Waals surface area contributed by atoms with E-state index in [2.05, 4.69) is 43.4 Å². The normalized spacial score (nSPS) is 12.9. The summed E-state index contributed by atoms with van der Waals surface area (Å²) in [6.07, 6.45) is 2.25. The molecule has 0 radical (unpaired) electrons. The second kappa shape index (κ2) is 7.54. The van der Waals surface area contributed by atoms with Crippen molar-refractivity contribution in [1.29, 1.82) is 0 Å². The van der Waals surface area contributed by atoms with Crippen molar-refractivity contribution < 1.29 is 0 Å². The Kier molecular flexibility index (Phi) is 6.36. The van der Waals surface area contributed by atoms with E-state index in [1.165, 1.54) is 17.7 Å². The molecule has 0 aliphatic carbocycles. The molecule has 0 aliphatic heterocycles. The molecule has 1 unspecified atom stereocenters. The number of aryl methyl sites for hydroxylation is 2. The fourth-order valence-corrected chi connectivity index (χ4v) is 2.19. The molecule has 0 fully saturated rings. The summed E-state index contributed by atoms with van der Waals surface area (Å²) in [4.78, 5) is 0. The van der Waals surface area contributed by atoms with E-state index in [0.29, 0.717) is 6.04 Å². The first-order valence-corrected chi connectivity index (χ1v) is 6.99. The van der Waals surface area contributed by atoms with Crippen LogP contribution < -0.4 is 10.6 Å². The first-order chi connectivity index (χ1) is 8.56. The molecule has 4 heteroatoms. The summed E-state index contributed by atoms with van der Waals surface area (Å²) >= 11 is 0. The van der Waals surface area contributed by atoms with Crippen LogP contribution in [0.4, 0.5) is 0 Å². The highest BCUT2D eigenvalue weighted by molar-refractivity contribution is 5.24. The van der Waals surface area contributed by atoms with Crippen molar-refractivity contribution in [2.24, 2.45) is 7.05 Å². The Bertz CT molecular complexity index is 357. The van der Waals surface area contributed by atoms with Gasteiger partial charge in [0.2, 0.25) is 0 Å². The highest BCUT2D eigenvalue weighted by Gasteiger charge is 2.09. The lowest BCUT2D eigenvalue weighted by atomic mass is 10.1. The molecular weight excluding hydrogens is 224 g/mol. The molecule has 2 N–H and O–H groups in total. The van der Waals surface area contributed by atoms with E-state index < -0.39 is 0 Å². The zero-order chi connectivity index (χ0) is 13.5. The van der Waals surface area contributed by atoms with Crippen molar-refractivity contribution in [3.05, 3.63) is 17.0 Å². The minimum Gasteiger partial charge on any atom is -0.315 e. The smallest absolute Gasteiger partial charge is 0.0628 e. The summed E-state index contributed by atoms with van der Waals surface area (Å²) in [6, 6.07) is 0.522. The fourth-order valence-electron chi connectivity index (χ4n) is 2.19. The Hall–Kier alpha value is -0.870. The van der Waals surface area contributed by atoms with Crippen molar-refractivity contribution >= 4 is 0 Å². The predicted octanol–water partition coefficient (Wildman–Crippen LogP) is 1.56. The van der Waals surface area contributed by atoms with Gasteiger partial charge in [-0.05, 0) is 52.3 Å². The quantitative estimate of drug-likeness (QED) is 0.690. The minimum absolute atomic E-state index is 0.522. The zero-order valence-electron chi connectivity index (χ0n) is 12.5. The van der Waals surface area contributed by atoms with Crippen LogP contribution in [0.3, 0.4) is 0 Å². The average Bonchev–Trinajstić information content (AvgIpc) is 2.56. The Balaban J connectivity index is 2.28. The van der Waals surface area contributed by atoms with Gasteiger partial charge in [0.1, 0.15) is 0 Å². The van der Waals surface area contributed by atoms with Gasteiger partial charge in [-0.25, -0.2) is 0 Å². The van der Waals surface area contributed by atoms with Gasteiger partial charge in [0.25, 0.3) is 0 Å². The van der Waals surface area contributed by atoms with E-state index in [4.69, 9.17) is 0 Å². The Morgan fingerprint density at radius 3 is 2.56 bits per heavy atom. The molecular formula is C14H28N4. The molecule has 4 nitrogen and oxygen atoms in total. The van der Waals surface area contributed by atoms with Crippen LogP contribution in [-0.2, 0) is 13.5 Å². The van der Waals surface area contributed by atoms with Gasteiger partial charge in [0, 0.05) is 25.3 Å². The van der Waals surface area contributed by atoms with E-state index in [0.717, 1.165) is 31.7 Å². The molecule has 0 amide bonds. The van der Waals surface area contributed by atoms with Crippen LogP contribution in [0.2, 0.25) is 0 Å². The minimum atomic E-state index is 0.522. The first-order valence-electron chi connectivity index (χ1n) is 6.99. The summed E-state index contributed by atoms with van der Waals surface area (Å²) in [5, 5.41) is 11.4. The van der Waals surface area contributed by atoms with E-state index in [1.807, 2.05) is 11.7 Å². The molecule has 0 aliphatic rings. The van der Waals surface area contributed by atoms with Crippen molar-refractivity contribution in [1.82, 2.24) is 20.4 Å². The molecule has 18 heavy (non-hydrogen) atoms. The third-order valence-electron chi connectivity index (χ3n) is 3.40. The molecule has 1 aromatic rings. The van der Waals surface area contributed by atoms with Crippen LogP contribution in [0, 0.1) is 13.8 Å². The van der Waals surface area contributed by atoms with Crippen molar-refractivity contribution in [2.75, 3.05) is 19.6 Å². The third kappa shape index (κ3) is 4.42. The second-order valence-corrected chi connectivity index (χ2v) is 5.08. The number of rotatable bonds is 8. The third-order valence-corrected chi connectivity index (χ3v) is 3.40. The highest BCUT2D eigenvalue weighted by atomic mass is 15.3. The maximum Gasteiger partial charge on any atom is 0.0628 e. The number of aromatic nitrogens is 2. The Morgan fingerprint density at radius 2 is 2.00 bits per heavy atom. The van der Waals surface area contributed by atoms with Gasteiger partial charge in [-0.2, -0.15) is 5.10 Å². The van der Waals surface area contributed by atoms with Crippen molar-refractivity contribution in [3.8, 4) is 0 Å². The van der Waals surface area contributed by atoms with Gasteiger partial charge in [-0.1, -0.05) is 6.92 Å². The van der Waals surface area contributed by atoms with E-state index in [-0.39, 0.29) is 0 Å². The molecule has 0 aromatic carbocycles. The second-order valence-electron chi connectivity index (χ2n) is 5.08. The first kappa shape index (κ1) is 15.2. The topological polar surface area (TPSA) is 41.9 Å². The molecule has 0 spiro atoms. The maximum atomic E-state index is 4.45. The highest BCUT2D eigenvalue weighted by Crippen LogP contribution is 2.11. The van der Waals surface area contributed by atoms with Crippen LogP contribution in [0.15, 0.2) is 0 Å². The fraction of sp³-hybridized carbons (Fsp3) is 0.786. The molecule has 1 aromatic heterocycles. The van der Waals surface area contributed by atoms with E-state index in [1.54, 1.807) is 0 Å². The van der Waals surface area contributed by atoms with E-state index in [9.17, 15) is 0 Å². The Morgan fingerprint density at radius 1 is 1.28 bits per heavy atom.